The lowest BCUT2D eigenvalue weighted by Gasteiger charge is -2.11. The summed E-state index contributed by atoms with van der Waals surface area (Å²) < 4.78 is 4.97. The number of hydrogen-bond acceptors (Lipinski definition) is 3. The van der Waals surface area contributed by atoms with Crippen LogP contribution < -0.4 is 0 Å². The smallest absolute Gasteiger partial charge is 0.306 e. The Balaban J connectivity index is 3.76. The highest BCUT2D eigenvalue weighted by atomic mass is 16.5. The molecule has 0 fully saturated rings. The van der Waals surface area contributed by atoms with Crippen molar-refractivity contribution in [2.24, 2.45) is 5.92 Å². The molecular formula is C13H24O3. The minimum Gasteiger partial charge on any atom is -0.463 e. The van der Waals surface area contributed by atoms with Gasteiger partial charge >= 0.3 is 5.97 Å². The Bertz CT molecular complexity index is 217. The van der Waals surface area contributed by atoms with Crippen molar-refractivity contribution in [2.75, 3.05) is 0 Å². The Labute approximate surface area is 98.6 Å². The zero-order valence-corrected chi connectivity index (χ0v) is 10.9. The molecule has 94 valence electrons. The van der Waals surface area contributed by atoms with Crippen LogP contribution in [0.3, 0.4) is 0 Å². The Morgan fingerprint density at radius 1 is 1.06 bits per heavy atom. The largest absolute Gasteiger partial charge is 0.463 e. The summed E-state index contributed by atoms with van der Waals surface area (Å²) in [5.74, 6) is 0.371. The average molecular weight is 228 g/mol. The minimum atomic E-state index is -0.270. The first kappa shape index (κ1) is 15.1. The van der Waals surface area contributed by atoms with Gasteiger partial charge in [-0.2, -0.15) is 0 Å². The molecule has 0 aromatic rings. The zero-order valence-electron chi connectivity index (χ0n) is 10.9. The molecule has 0 aliphatic rings. The topological polar surface area (TPSA) is 43.4 Å². The third-order valence-corrected chi connectivity index (χ3v) is 2.65. The van der Waals surface area contributed by atoms with E-state index in [0.717, 1.165) is 12.8 Å². The predicted octanol–water partition coefficient (Wildman–Crippen LogP) is 3.11. The molecule has 0 aromatic heterocycles. The number of carbonyl (C=O) groups excluding carboxylic acids is 2. The van der Waals surface area contributed by atoms with Gasteiger partial charge in [0, 0.05) is 12.8 Å². The van der Waals surface area contributed by atoms with E-state index in [9.17, 15) is 9.59 Å². The third-order valence-electron chi connectivity index (χ3n) is 2.65. The highest BCUT2D eigenvalue weighted by Gasteiger charge is 2.13. The first-order valence-corrected chi connectivity index (χ1v) is 6.20. The average Bonchev–Trinajstić information content (AvgIpc) is 2.22. The van der Waals surface area contributed by atoms with Crippen molar-refractivity contribution in [3.8, 4) is 0 Å². The maximum Gasteiger partial charge on any atom is 0.306 e. The van der Waals surface area contributed by atoms with Crippen molar-refractivity contribution in [3.05, 3.63) is 0 Å². The van der Waals surface area contributed by atoms with E-state index in [2.05, 4.69) is 13.8 Å². The molecule has 3 heteroatoms. The van der Waals surface area contributed by atoms with E-state index < -0.39 is 0 Å². The van der Waals surface area contributed by atoms with Gasteiger partial charge in [-0.25, -0.2) is 0 Å². The monoisotopic (exact) mass is 228 g/mol. The lowest BCUT2D eigenvalue weighted by atomic mass is 9.95. The van der Waals surface area contributed by atoms with Crippen LogP contribution in [-0.4, -0.2) is 17.9 Å². The zero-order chi connectivity index (χ0) is 12.6. The van der Waals surface area contributed by atoms with E-state index in [0.29, 0.717) is 18.8 Å². The first-order chi connectivity index (χ1) is 7.49. The number of esters is 1. The molecule has 0 radical (unpaired) electrons. The predicted molar refractivity (Wildman–Crippen MR) is 64.2 cm³/mol. The summed E-state index contributed by atoms with van der Waals surface area (Å²) in [5, 5.41) is 0. The summed E-state index contributed by atoms with van der Waals surface area (Å²) in [7, 11) is 0. The molecule has 0 saturated carbocycles. The van der Waals surface area contributed by atoms with E-state index >= 15 is 0 Å². The van der Waals surface area contributed by atoms with Crippen LogP contribution >= 0.6 is 0 Å². The van der Waals surface area contributed by atoms with Crippen molar-refractivity contribution < 1.29 is 14.3 Å². The quantitative estimate of drug-likeness (QED) is 0.599. The SMILES string of the molecule is CCC(CC)CC(=O)CCC(=O)OC(C)C. The standard InChI is InChI=1S/C13H24O3/c1-5-11(6-2)9-12(14)7-8-13(15)16-10(3)4/h10-11H,5-9H2,1-4H3. The van der Waals surface area contributed by atoms with Gasteiger partial charge in [-0.1, -0.05) is 26.7 Å². The molecular weight excluding hydrogens is 204 g/mol. The van der Waals surface area contributed by atoms with Gasteiger partial charge in [0.2, 0.25) is 0 Å². The van der Waals surface area contributed by atoms with Gasteiger partial charge in [0.05, 0.1) is 12.5 Å². The lowest BCUT2D eigenvalue weighted by Crippen LogP contribution is -2.14. The molecule has 0 amide bonds. The van der Waals surface area contributed by atoms with Gasteiger partial charge in [0.15, 0.2) is 0 Å². The normalized spacial score (nSPS) is 10.9. The van der Waals surface area contributed by atoms with Crippen molar-refractivity contribution in [1.29, 1.82) is 0 Å². The summed E-state index contributed by atoms with van der Waals surface area (Å²) in [6, 6.07) is 0. The fourth-order valence-corrected chi connectivity index (χ4v) is 1.56. The molecule has 0 aromatic carbocycles. The summed E-state index contributed by atoms with van der Waals surface area (Å²) in [6.07, 6.45) is 3.10. The van der Waals surface area contributed by atoms with Crippen LogP contribution in [-0.2, 0) is 14.3 Å². The number of Topliss-reactive ketones (excluding diaryl/α,β-unsaturated/α-hetero) is 1. The number of ketones is 1. The number of carbonyl (C=O) groups is 2. The second kappa shape index (κ2) is 8.31. The first-order valence-electron chi connectivity index (χ1n) is 6.20. The van der Waals surface area contributed by atoms with Crippen LogP contribution in [0.25, 0.3) is 0 Å². The second-order valence-electron chi connectivity index (χ2n) is 4.46. The van der Waals surface area contributed by atoms with Crippen LogP contribution in [0.2, 0.25) is 0 Å². The van der Waals surface area contributed by atoms with Crippen molar-refractivity contribution in [3.63, 3.8) is 0 Å². The molecule has 0 rings (SSSR count). The second-order valence-corrected chi connectivity index (χ2v) is 4.46. The number of ether oxygens (including phenoxy) is 1. The van der Waals surface area contributed by atoms with Crippen molar-refractivity contribution >= 4 is 11.8 Å². The van der Waals surface area contributed by atoms with Gasteiger partial charge in [-0.15, -0.1) is 0 Å². The van der Waals surface area contributed by atoms with E-state index in [1.807, 2.05) is 13.8 Å². The van der Waals surface area contributed by atoms with E-state index in [1.165, 1.54) is 0 Å². The maximum atomic E-state index is 11.6. The summed E-state index contributed by atoms with van der Waals surface area (Å²) in [4.78, 5) is 22.8. The summed E-state index contributed by atoms with van der Waals surface area (Å²) >= 11 is 0. The summed E-state index contributed by atoms with van der Waals surface area (Å²) in [6.45, 7) is 7.80. The van der Waals surface area contributed by atoms with Crippen LogP contribution in [0.4, 0.5) is 0 Å². The highest BCUT2D eigenvalue weighted by Crippen LogP contribution is 2.14. The molecule has 0 aliphatic heterocycles. The lowest BCUT2D eigenvalue weighted by molar-refractivity contribution is -0.148. The Kier molecular flexibility index (Phi) is 7.86. The van der Waals surface area contributed by atoms with Crippen LogP contribution in [0.15, 0.2) is 0 Å². The molecule has 0 aliphatic carbocycles. The van der Waals surface area contributed by atoms with Gasteiger partial charge in [-0.3, -0.25) is 9.59 Å². The van der Waals surface area contributed by atoms with Crippen LogP contribution in [0.5, 0.6) is 0 Å². The Morgan fingerprint density at radius 2 is 1.62 bits per heavy atom. The van der Waals surface area contributed by atoms with Gasteiger partial charge in [-0.05, 0) is 19.8 Å². The van der Waals surface area contributed by atoms with Crippen LogP contribution in [0, 0.1) is 5.92 Å². The molecule has 0 unspecified atom stereocenters. The van der Waals surface area contributed by atoms with Crippen LogP contribution in [0.1, 0.15) is 59.8 Å². The van der Waals surface area contributed by atoms with Crippen molar-refractivity contribution in [2.45, 2.75) is 65.9 Å². The fraction of sp³-hybridized carbons (Fsp3) is 0.846. The van der Waals surface area contributed by atoms with Gasteiger partial charge in [0.1, 0.15) is 5.78 Å². The van der Waals surface area contributed by atoms with E-state index in [-0.39, 0.29) is 24.3 Å². The number of rotatable bonds is 8. The van der Waals surface area contributed by atoms with Crippen molar-refractivity contribution in [1.82, 2.24) is 0 Å². The van der Waals surface area contributed by atoms with Gasteiger partial charge in [0.25, 0.3) is 0 Å². The van der Waals surface area contributed by atoms with E-state index in [1.54, 1.807) is 0 Å². The minimum absolute atomic E-state index is 0.0957. The molecule has 0 bridgehead atoms. The molecule has 0 heterocycles. The van der Waals surface area contributed by atoms with Gasteiger partial charge < -0.3 is 4.74 Å². The third kappa shape index (κ3) is 7.43. The molecule has 3 nitrogen and oxygen atoms in total. The van der Waals surface area contributed by atoms with E-state index in [4.69, 9.17) is 4.74 Å². The number of hydrogen-bond donors (Lipinski definition) is 0. The Morgan fingerprint density at radius 3 is 2.06 bits per heavy atom. The molecule has 0 saturated heterocycles. The molecule has 16 heavy (non-hydrogen) atoms. The summed E-state index contributed by atoms with van der Waals surface area (Å²) in [5.41, 5.74) is 0. The highest BCUT2D eigenvalue weighted by molar-refractivity contribution is 5.83. The molecule has 0 N–H and O–H groups in total. The molecule has 0 atom stereocenters. The fourth-order valence-electron chi connectivity index (χ4n) is 1.56. The molecule has 0 spiro atoms. The Hall–Kier alpha value is -0.860. The maximum absolute atomic E-state index is 11.6.